The molecule has 212 valence electrons. The van der Waals surface area contributed by atoms with Crippen LogP contribution in [0.4, 0.5) is 0 Å². The van der Waals surface area contributed by atoms with Crippen LogP contribution in [0, 0.1) is 0 Å². The summed E-state index contributed by atoms with van der Waals surface area (Å²) in [4.78, 5) is 14.3. The Kier molecular flexibility index (Phi) is 5.71. The predicted molar refractivity (Wildman–Crippen MR) is 186 cm³/mol. The van der Waals surface area contributed by atoms with Crippen LogP contribution in [-0.2, 0) is 4.57 Å². The maximum atomic E-state index is 15.0. The second kappa shape index (κ2) is 9.95. The lowest BCUT2D eigenvalue weighted by molar-refractivity contribution is 0.592. The van der Waals surface area contributed by atoms with E-state index in [9.17, 15) is 4.57 Å². The van der Waals surface area contributed by atoms with Gasteiger partial charge in [0.1, 0.15) is 5.65 Å². The van der Waals surface area contributed by atoms with Crippen molar-refractivity contribution in [3.8, 4) is 11.1 Å². The van der Waals surface area contributed by atoms with E-state index in [2.05, 4.69) is 64.0 Å². The van der Waals surface area contributed by atoms with Crippen LogP contribution in [0.3, 0.4) is 0 Å². The van der Waals surface area contributed by atoms with Crippen LogP contribution in [-0.4, -0.2) is 19.4 Å². The fraction of sp³-hybridized carbons (Fsp3) is 0. The third kappa shape index (κ3) is 3.95. The van der Waals surface area contributed by atoms with Gasteiger partial charge in [0.05, 0.1) is 22.1 Å². The Balaban J connectivity index is 1.21. The topological polar surface area (TPSA) is 60.2 Å². The average Bonchev–Trinajstić information content (AvgIpc) is 3.51. The molecule has 45 heavy (non-hydrogen) atoms. The van der Waals surface area contributed by atoms with Crippen LogP contribution >= 0.6 is 7.14 Å². The molecule has 0 unspecified atom stereocenters. The highest BCUT2D eigenvalue weighted by Gasteiger charge is 2.29. The molecule has 0 amide bonds. The number of hydrogen-bond donors (Lipinski definition) is 0. The third-order valence-electron chi connectivity index (χ3n) is 8.75. The van der Waals surface area contributed by atoms with Crippen molar-refractivity contribution in [1.82, 2.24) is 19.4 Å². The van der Waals surface area contributed by atoms with Gasteiger partial charge < -0.3 is 4.57 Å². The first-order chi connectivity index (χ1) is 22.2. The molecular weight excluding hydrogens is 571 g/mol. The zero-order valence-corrected chi connectivity index (χ0v) is 25.0. The number of rotatable bonds is 4. The van der Waals surface area contributed by atoms with Crippen molar-refractivity contribution in [2.24, 2.45) is 0 Å². The van der Waals surface area contributed by atoms with Crippen LogP contribution in [0.1, 0.15) is 0 Å². The monoisotopic (exact) mass is 596 g/mol. The first-order valence-electron chi connectivity index (χ1n) is 14.9. The van der Waals surface area contributed by atoms with Crippen molar-refractivity contribution >= 4 is 72.3 Å². The molecule has 0 N–H and O–H groups in total. The van der Waals surface area contributed by atoms with Gasteiger partial charge in [-0.25, -0.2) is 4.98 Å². The molecule has 0 bridgehead atoms. The number of pyridine rings is 3. The van der Waals surface area contributed by atoms with E-state index in [0.29, 0.717) is 0 Å². The molecule has 0 saturated carbocycles. The van der Waals surface area contributed by atoms with E-state index in [-0.39, 0.29) is 0 Å². The van der Waals surface area contributed by atoms with Crippen LogP contribution < -0.4 is 15.9 Å². The molecule has 0 aliphatic rings. The van der Waals surface area contributed by atoms with Crippen LogP contribution in [0.5, 0.6) is 0 Å². The lowest BCUT2D eigenvalue weighted by Crippen LogP contribution is -2.24. The molecule has 0 fully saturated rings. The molecule has 0 saturated heterocycles. The number of para-hydroxylation sites is 1. The molecule has 9 aromatic rings. The largest absolute Gasteiger partial charge is 0.309 e. The van der Waals surface area contributed by atoms with Crippen molar-refractivity contribution in [2.45, 2.75) is 0 Å². The molecule has 0 spiro atoms. The molecule has 4 heterocycles. The third-order valence-corrected chi connectivity index (χ3v) is 11.8. The maximum absolute atomic E-state index is 15.0. The number of benzene rings is 5. The van der Waals surface area contributed by atoms with Gasteiger partial charge in [0.2, 0.25) is 0 Å². The second-order valence-corrected chi connectivity index (χ2v) is 14.1. The van der Waals surface area contributed by atoms with Gasteiger partial charge in [-0.05, 0) is 59.5 Å². The normalized spacial score (nSPS) is 12.1. The molecule has 0 atom stereocenters. The Labute approximate surface area is 258 Å². The van der Waals surface area contributed by atoms with Crippen molar-refractivity contribution in [3.05, 3.63) is 152 Å². The Morgan fingerprint density at radius 1 is 0.533 bits per heavy atom. The molecular formula is C39H25N4OP. The first-order valence-corrected chi connectivity index (χ1v) is 16.6. The quantitative estimate of drug-likeness (QED) is 0.152. The summed E-state index contributed by atoms with van der Waals surface area (Å²) in [5.41, 5.74) is 6.80. The number of imidazole rings is 1. The van der Waals surface area contributed by atoms with E-state index in [1.807, 2.05) is 97.5 Å². The number of hydrogen-bond acceptors (Lipinski definition) is 4. The van der Waals surface area contributed by atoms with Crippen molar-refractivity contribution in [1.29, 1.82) is 0 Å². The molecule has 0 aliphatic carbocycles. The fourth-order valence-electron chi connectivity index (χ4n) is 6.58. The molecule has 0 aliphatic heterocycles. The summed E-state index contributed by atoms with van der Waals surface area (Å²) >= 11 is 0. The van der Waals surface area contributed by atoms with Gasteiger partial charge >= 0.3 is 0 Å². The zero-order valence-electron chi connectivity index (χ0n) is 24.1. The van der Waals surface area contributed by atoms with Gasteiger partial charge in [0.15, 0.2) is 7.14 Å². The summed E-state index contributed by atoms with van der Waals surface area (Å²) in [5, 5.41) is 6.68. The first kappa shape index (κ1) is 25.8. The average molecular weight is 597 g/mol. The van der Waals surface area contributed by atoms with E-state index in [1.165, 1.54) is 5.39 Å². The summed E-state index contributed by atoms with van der Waals surface area (Å²) in [5.74, 6) is 0. The number of nitrogens with zero attached hydrogens (tertiary/aromatic N) is 4. The highest BCUT2D eigenvalue weighted by atomic mass is 31.2. The van der Waals surface area contributed by atoms with Crippen LogP contribution in [0.2, 0.25) is 0 Å². The van der Waals surface area contributed by atoms with Crippen molar-refractivity contribution in [2.75, 3.05) is 0 Å². The van der Waals surface area contributed by atoms with E-state index in [0.717, 1.165) is 70.9 Å². The fourth-order valence-corrected chi connectivity index (χ4v) is 9.27. The molecule has 5 nitrogen and oxygen atoms in total. The Morgan fingerprint density at radius 3 is 2.09 bits per heavy atom. The summed E-state index contributed by atoms with van der Waals surface area (Å²) in [7, 11) is -3.10. The highest BCUT2D eigenvalue weighted by molar-refractivity contribution is 7.85. The van der Waals surface area contributed by atoms with Crippen LogP contribution in [0.25, 0.3) is 60.4 Å². The predicted octanol–water partition coefficient (Wildman–Crippen LogP) is 8.04. The number of fused-ring (bicyclic) bond motifs is 9. The van der Waals surface area contributed by atoms with Crippen LogP contribution in [0.15, 0.2) is 152 Å². The Hall–Kier alpha value is -5.64. The van der Waals surface area contributed by atoms with Gasteiger partial charge in [-0.3, -0.25) is 14.4 Å². The lowest BCUT2D eigenvalue weighted by Gasteiger charge is -2.20. The van der Waals surface area contributed by atoms with Gasteiger partial charge in [0, 0.05) is 56.2 Å². The van der Waals surface area contributed by atoms with E-state index >= 15 is 0 Å². The summed E-state index contributed by atoms with van der Waals surface area (Å²) in [6.45, 7) is 0. The lowest BCUT2D eigenvalue weighted by atomic mass is 10.0. The van der Waals surface area contributed by atoms with Gasteiger partial charge in [-0.15, -0.1) is 0 Å². The van der Waals surface area contributed by atoms with E-state index in [4.69, 9.17) is 9.97 Å². The molecule has 6 heteroatoms. The minimum Gasteiger partial charge on any atom is -0.309 e. The molecule has 9 rings (SSSR count). The second-order valence-electron chi connectivity index (χ2n) is 11.3. The van der Waals surface area contributed by atoms with Crippen molar-refractivity contribution in [3.63, 3.8) is 0 Å². The SMILES string of the molecule is O=P(c1ccccc1)(c1ccccc1)c1ccc2ncc(-c3ccc4c(c3)nc3c5cnccc5c5ccccc5n43)cc2c1. The van der Waals surface area contributed by atoms with E-state index in [1.54, 1.807) is 0 Å². The summed E-state index contributed by atoms with van der Waals surface area (Å²) in [6, 6.07) is 44.5. The Bertz CT molecular complexity index is 2590. The van der Waals surface area contributed by atoms with Gasteiger partial charge in [-0.1, -0.05) is 84.9 Å². The van der Waals surface area contributed by atoms with E-state index < -0.39 is 7.14 Å². The summed E-state index contributed by atoms with van der Waals surface area (Å²) in [6.07, 6.45) is 5.64. The van der Waals surface area contributed by atoms with Gasteiger partial charge in [-0.2, -0.15) is 0 Å². The van der Waals surface area contributed by atoms with Crippen molar-refractivity contribution < 1.29 is 4.57 Å². The summed E-state index contributed by atoms with van der Waals surface area (Å²) < 4.78 is 17.2. The smallest absolute Gasteiger partial charge is 0.171 e. The Morgan fingerprint density at radius 2 is 1.29 bits per heavy atom. The standard InChI is InChI=1S/C39H25N4OP/c44-45(29-9-3-1-4-10-29,30-11-5-2-6-12-30)31-16-17-35-27(22-31)21-28(24-41-35)26-15-18-38-36(23-26)42-39-34-25-40-20-19-32(34)33-13-7-8-14-37(33)43(38)39/h1-25H. The minimum atomic E-state index is -3.10. The van der Waals surface area contributed by atoms with Gasteiger partial charge in [0.25, 0.3) is 0 Å². The molecule has 4 aromatic heterocycles. The zero-order chi connectivity index (χ0) is 30.0. The molecule has 5 aromatic carbocycles. The molecule has 0 radical (unpaired) electrons. The highest BCUT2D eigenvalue weighted by Crippen LogP contribution is 2.43. The number of aromatic nitrogens is 4. The maximum Gasteiger partial charge on any atom is 0.171 e. The minimum absolute atomic E-state index is 0.787.